The monoisotopic (exact) mass is 397 g/mol. The van der Waals surface area contributed by atoms with Crippen molar-refractivity contribution in [1.29, 1.82) is 0 Å². The molecule has 0 saturated carbocycles. The first kappa shape index (κ1) is 21.3. The summed E-state index contributed by atoms with van der Waals surface area (Å²) in [5, 5.41) is 7.66. The summed E-state index contributed by atoms with van der Waals surface area (Å²) in [6, 6.07) is 2.67. The molecule has 2 heterocycles. The molecule has 7 nitrogen and oxygen atoms in total. The van der Waals surface area contributed by atoms with Gasteiger partial charge in [0, 0.05) is 33.3 Å². The molecule has 1 fully saturated rings. The third-order valence-corrected chi connectivity index (χ3v) is 6.93. The molecule has 24 heavy (non-hydrogen) atoms. The fourth-order valence-corrected chi connectivity index (χ4v) is 5.28. The van der Waals surface area contributed by atoms with E-state index in [1.165, 1.54) is 15.6 Å². The smallest absolute Gasteiger partial charge is 0.253 e. The van der Waals surface area contributed by atoms with Gasteiger partial charge in [-0.1, -0.05) is 6.07 Å². The van der Waals surface area contributed by atoms with Crippen LogP contribution in [0.25, 0.3) is 0 Å². The SMILES string of the molecule is COCCNCCNC(=O)C1CCCN1S(=O)(=O)c1cccs1.Cl. The molecule has 1 atom stereocenters. The highest BCUT2D eigenvalue weighted by Crippen LogP contribution is 2.28. The van der Waals surface area contributed by atoms with Crippen LogP contribution in [0.5, 0.6) is 0 Å². The van der Waals surface area contributed by atoms with Gasteiger partial charge in [0.15, 0.2) is 0 Å². The Labute approximate surface area is 153 Å². The molecular formula is C14H24ClN3O4S2. The van der Waals surface area contributed by atoms with Crippen LogP contribution in [0.4, 0.5) is 0 Å². The van der Waals surface area contributed by atoms with Crippen LogP contribution in [-0.2, 0) is 19.6 Å². The standard InChI is InChI=1S/C14H23N3O4S2.ClH/c1-21-10-8-15-6-7-16-14(18)12-4-2-9-17(12)23(19,20)13-5-3-11-22-13;/h3,5,11-12,15H,2,4,6-10H2,1H3,(H,16,18);1H. The molecule has 1 saturated heterocycles. The van der Waals surface area contributed by atoms with Gasteiger partial charge in [-0.05, 0) is 24.3 Å². The molecule has 1 aromatic rings. The molecule has 1 aliphatic heterocycles. The Kier molecular flexibility index (Phi) is 9.17. The highest BCUT2D eigenvalue weighted by atomic mass is 35.5. The quantitative estimate of drug-likeness (QED) is 0.598. The number of methoxy groups -OCH3 is 1. The number of halogens is 1. The van der Waals surface area contributed by atoms with Crippen LogP contribution >= 0.6 is 23.7 Å². The second-order valence-corrected chi connectivity index (χ2v) is 8.30. The lowest BCUT2D eigenvalue weighted by Gasteiger charge is -2.22. The molecule has 1 aliphatic rings. The second kappa shape index (κ2) is 10.3. The average Bonchev–Trinajstić information content (AvgIpc) is 3.22. The molecule has 0 aliphatic carbocycles. The zero-order chi connectivity index (χ0) is 16.7. The Bertz CT molecular complexity index is 595. The van der Waals surface area contributed by atoms with Crippen molar-refractivity contribution in [2.75, 3.05) is 39.9 Å². The summed E-state index contributed by atoms with van der Waals surface area (Å²) < 4.78 is 31.7. The summed E-state index contributed by atoms with van der Waals surface area (Å²) in [6.07, 6.45) is 1.27. The summed E-state index contributed by atoms with van der Waals surface area (Å²) >= 11 is 1.18. The van der Waals surface area contributed by atoms with Crippen molar-refractivity contribution in [3.63, 3.8) is 0 Å². The van der Waals surface area contributed by atoms with E-state index in [9.17, 15) is 13.2 Å². The van der Waals surface area contributed by atoms with Crippen LogP contribution in [0.15, 0.2) is 21.7 Å². The van der Waals surface area contributed by atoms with Crippen LogP contribution in [0.3, 0.4) is 0 Å². The molecule has 10 heteroatoms. The maximum atomic E-state index is 12.6. The Morgan fingerprint density at radius 3 is 2.88 bits per heavy atom. The number of carbonyl (C=O) groups is 1. The number of hydrogen-bond acceptors (Lipinski definition) is 6. The van der Waals surface area contributed by atoms with Gasteiger partial charge in [0.1, 0.15) is 10.3 Å². The molecule has 1 amide bonds. The fourth-order valence-electron chi connectivity index (χ4n) is 2.51. The lowest BCUT2D eigenvalue weighted by molar-refractivity contribution is -0.124. The van der Waals surface area contributed by atoms with Crippen LogP contribution in [0, 0.1) is 0 Å². The van der Waals surface area contributed by atoms with Crippen molar-refractivity contribution < 1.29 is 17.9 Å². The van der Waals surface area contributed by atoms with Crippen LogP contribution < -0.4 is 10.6 Å². The van der Waals surface area contributed by atoms with Gasteiger partial charge in [-0.2, -0.15) is 4.31 Å². The summed E-state index contributed by atoms with van der Waals surface area (Å²) in [5.41, 5.74) is 0. The summed E-state index contributed by atoms with van der Waals surface area (Å²) in [4.78, 5) is 12.3. The minimum atomic E-state index is -3.57. The molecule has 0 spiro atoms. The molecule has 2 rings (SSSR count). The first-order chi connectivity index (χ1) is 11.1. The Morgan fingerprint density at radius 2 is 2.21 bits per heavy atom. The van der Waals surface area contributed by atoms with Gasteiger partial charge >= 0.3 is 0 Å². The first-order valence-corrected chi connectivity index (χ1v) is 9.92. The Morgan fingerprint density at radius 1 is 1.42 bits per heavy atom. The predicted octanol–water partition coefficient (Wildman–Crippen LogP) is 0.675. The minimum absolute atomic E-state index is 0. The highest BCUT2D eigenvalue weighted by Gasteiger charge is 2.39. The van der Waals surface area contributed by atoms with Crippen LogP contribution in [0.2, 0.25) is 0 Å². The van der Waals surface area contributed by atoms with Crippen molar-refractivity contribution >= 4 is 39.7 Å². The molecular weight excluding hydrogens is 374 g/mol. The highest BCUT2D eigenvalue weighted by molar-refractivity contribution is 7.91. The van der Waals surface area contributed by atoms with Crippen molar-refractivity contribution in [1.82, 2.24) is 14.9 Å². The number of thiophene rings is 1. The van der Waals surface area contributed by atoms with Crippen LogP contribution in [-0.4, -0.2) is 64.6 Å². The van der Waals surface area contributed by atoms with Gasteiger partial charge in [-0.15, -0.1) is 23.7 Å². The molecule has 0 radical (unpaired) electrons. The van der Waals surface area contributed by atoms with E-state index in [0.717, 1.165) is 0 Å². The maximum absolute atomic E-state index is 12.6. The lowest BCUT2D eigenvalue weighted by Crippen LogP contribution is -2.47. The normalized spacial score (nSPS) is 18.3. The average molecular weight is 398 g/mol. The maximum Gasteiger partial charge on any atom is 0.253 e. The van der Waals surface area contributed by atoms with Gasteiger partial charge in [0.05, 0.1) is 6.61 Å². The van der Waals surface area contributed by atoms with Gasteiger partial charge in [0.2, 0.25) is 5.91 Å². The number of sulfonamides is 1. The number of carbonyl (C=O) groups excluding carboxylic acids is 1. The molecule has 0 aromatic carbocycles. The number of ether oxygens (including phenoxy) is 1. The minimum Gasteiger partial charge on any atom is -0.383 e. The van der Waals surface area contributed by atoms with E-state index in [1.807, 2.05) is 0 Å². The van der Waals surface area contributed by atoms with E-state index >= 15 is 0 Å². The zero-order valence-electron chi connectivity index (χ0n) is 13.6. The van der Waals surface area contributed by atoms with E-state index in [-0.39, 0.29) is 18.3 Å². The van der Waals surface area contributed by atoms with Crippen molar-refractivity contribution in [2.45, 2.75) is 23.1 Å². The molecule has 138 valence electrons. The summed E-state index contributed by atoms with van der Waals surface area (Å²) in [6.45, 7) is 2.81. The van der Waals surface area contributed by atoms with Crippen molar-refractivity contribution in [3.8, 4) is 0 Å². The van der Waals surface area contributed by atoms with Crippen molar-refractivity contribution in [2.24, 2.45) is 0 Å². The molecule has 1 unspecified atom stereocenters. The number of hydrogen-bond donors (Lipinski definition) is 2. The van der Waals surface area contributed by atoms with E-state index in [0.29, 0.717) is 49.8 Å². The zero-order valence-corrected chi connectivity index (χ0v) is 16.0. The largest absolute Gasteiger partial charge is 0.383 e. The van der Waals surface area contributed by atoms with Gasteiger partial charge in [0.25, 0.3) is 10.0 Å². The van der Waals surface area contributed by atoms with Gasteiger partial charge in [-0.25, -0.2) is 8.42 Å². The lowest BCUT2D eigenvalue weighted by atomic mass is 10.2. The Hall–Kier alpha value is -0.710. The number of amides is 1. The third-order valence-electron chi connectivity index (χ3n) is 3.65. The van der Waals surface area contributed by atoms with Crippen molar-refractivity contribution in [3.05, 3.63) is 17.5 Å². The molecule has 0 bridgehead atoms. The second-order valence-electron chi connectivity index (χ2n) is 5.24. The predicted molar refractivity (Wildman–Crippen MR) is 96.2 cm³/mol. The number of nitrogens with one attached hydrogen (secondary N) is 2. The molecule has 1 aromatic heterocycles. The van der Waals surface area contributed by atoms with Gasteiger partial charge in [-0.3, -0.25) is 4.79 Å². The molecule has 2 N–H and O–H groups in total. The van der Waals surface area contributed by atoms with E-state index < -0.39 is 16.1 Å². The number of nitrogens with zero attached hydrogens (tertiary/aromatic N) is 1. The van der Waals surface area contributed by atoms with E-state index in [2.05, 4.69) is 10.6 Å². The van der Waals surface area contributed by atoms with E-state index in [4.69, 9.17) is 4.74 Å². The van der Waals surface area contributed by atoms with Crippen LogP contribution in [0.1, 0.15) is 12.8 Å². The van der Waals surface area contributed by atoms with Gasteiger partial charge < -0.3 is 15.4 Å². The Balaban J connectivity index is 0.00000288. The topological polar surface area (TPSA) is 87.7 Å². The number of rotatable bonds is 9. The summed E-state index contributed by atoms with van der Waals surface area (Å²) in [7, 11) is -1.94. The van der Waals surface area contributed by atoms with E-state index in [1.54, 1.807) is 24.6 Å². The summed E-state index contributed by atoms with van der Waals surface area (Å²) in [5.74, 6) is -0.226. The first-order valence-electron chi connectivity index (χ1n) is 7.60. The fraction of sp³-hybridized carbons (Fsp3) is 0.643. The third kappa shape index (κ3) is 5.40.